The van der Waals surface area contributed by atoms with Crippen LogP contribution in [0.5, 0.6) is 0 Å². The maximum absolute atomic E-state index is 11.9. The van der Waals surface area contributed by atoms with Gasteiger partial charge < -0.3 is 10.6 Å². The van der Waals surface area contributed by atoms with Crippen molar-refractivity contribution in [2.45, 2.75) is 13.3 Å². The molecule has 0 aliphatic heterocycles. The number of nitriles is 1. The lowest BCUT2D eigenvalue weighted by molar-refractivity contribution is -0.123. The molecule has 0 aliphatic rings. The Balaban J connectivity index is 1.90. The van der Waals surface area contributed by atoms with Crippen LogP contribution in [0.25, 0.3) is 0 Å². The molecule has 2 amide bonds. The highest BCUT2D eigenvalue weighted by Gasteiger charge is 2.10. The number of amides is 2. The van der Waals surface area contributed by atoms with E-state index in [4.69, 9.17) is 16.9 Å². The minimum absolute atomic E-state index is 0.314. The first kappa shape index (κ1) is 16.5. The molecule has 116 valence electrons. The van der Waals surface area contributed by atoms with E-state index in [1.165, 1.54) is 0 Å². The van der Waals surface area contributed by atoms with Crippen LogP contribution in [-0.2, 0) is 9.59 Å². The number of halogens is 1. The summed E-state index contributed by atoms with van der Waals surface area (Å²) in [6.45, 7) is 1.86. The molecule has 2 N–H and O–H groups in total. The fraction of sp³-hybridized carbons (Fsp3) is 0.118. The predicted molar refractivity (Wildman–Crippen MR) is 89.2 cm³/mol. The number of nitrogens with one attached hydrogen (secondary N) is 2. The number of carbonyl (C=O) groups excluding carboxylic acids is 2. The third-order valence-electron chi connectivity index (χ3n) is 3.07. The second-order valence-corrected chi connectivity index (χ2v) is 5.33. The van der Waals surface area contributed by atoms with Crippen molar-refractivity contribution in [3.63, 3.8) is 0 Å². The molecule has 5 nitrogen and oxygen atoms in total. The molecular weight excluding hydrogens is 314 g/mol. The normalized spacial score (nSPS) is 9.78. The Morgan fingerprint density at radius 2 is 1.61 bits per heavy atom. The highest BCUT2D eigenvalue weighted by molar-refractivity contribution is 6.31. The minimum atomic E-state index is -0.439. The van der Waals surface area contributed by atoms with E-state index in [0.29, 0.717) is 22.0 Å². The number of hydrogen-bond donors (Lipinski definition) is 2. The quantitative estimate of drug-likeness (QED) is 0.843. The molecule has 0 aliphatic carbocycles. The van der Waals surface area contributed by atoms with Gasteiger partial charge in [-0.1, -0.05) is 17.7 Å². The van der Waals surface area contributed by atoms with Gasteiger partial charge in [-0.05, 0) is 48.9 Å². The van der Waals surface area contributed by atoms with E-state index < -0.39 is 11.8 Å². The maximum Gasteiger partial charge on any atom is 0.233 e. The SMILES string of the molecule is Cc1ccc(NC(=O)CC(=O)Nc2ccc(C#N)cc2)cc1Cl. The fourth-order valence-corrected chi connectivity index (χ4v) is 2.04. The van der Waals surface area contributed by atoms with Gasteiger partial charge in [0, 0.05) is 16.4 Å². The topological polar surface area (TPSA) is 82.0 Å². The summed E-state index contributed by atoms with van der Waals surface area (Å²) < 4.78 is 0. The van der Waals surface area contributed by atoms with Crippen LogP contribution in [0.4, 0.5) is 11.4 Å². The molecule has 0 radical (unpaired) electrons. The average Bonchev–Trinajstić information content (AvgIpc) is 2.51. The number of nitrogens with zero attached hydrogens (tertiary/aromatic N) is 1. The zero-order chi connectivity index (χ0) is 16.8. The highest BCUT2D eigenvalue weighted by Crippen LogP contribution is 2.20. The largest absolute Gasteiger partial charge is 0.326 e. The molecule has 0 spiro atoms. The number of hydrogen-bond acceptors (Lipinski definition) is 3. The Morgan fingerprint density at radius 3 is 2.17 bits per heavy atom. The summed E-state index contributed by atoms with van der Waals surface area (Å²) >= 11 is 5.98. The van der Waals surface area contributed by atoms with Gasteiger partial charge in [-0.2, -0.15) is 5.26 Å². The van der Waals surface area contributed by atoms with Crippen LogP contribution in [0.2, 0.25) is 5.02 Å². The summed E-state index contributed by atoms with van der Waals surface area (Å²) in [5.41, 5.74) is 2.47. The molecule has 2 aromatic carbocycles. The van der Waals surface area contributed by atoms with Crippen molar-refractivity contribution in [1.29, 1.82) is 5.26 Å². The van der Waals surface area contributed by atoms with E-state index >= 15 is 0 Å². The standard InChI is InChI=1S/C17H14ClN3O2/c1-11-2-5-14(8-15(11)18)21-17(23)9-16(22)20-13-6-3-12(10-19)4-7-13/h2-8H,9H2,1H3,(H,20,22)(H,21,23). The van der Waals surface area contributed by atoms with Gasteiger partial charge in [0.05, 0.1) is 11.6 Å². The zero-order valence-electron chi connectivity index (χ0n) is 12.4. The van der Waals surface area contributed by atoms with Crippen LogP contribution in [0.3, 0.4) is 0 Å². The average molecular weight is 328 g/mol. The highest BCUT2D eigenvalue weighted by atomic mass is 35.5. The molecule has 2 aromatic rings. The van der Waals surface area contributed by atoms with E-state index in [9.17, 15) is 9.59 Å². The summed E-state index contributed by atoms with van der Waals surface area (Å²) in [4.78, 5) is 23.7. The third kappa shape index (κ3) is 4.83. The van der Waals surface area contributed by atoms with Crippen molar-refractivity contribution in [1.82, 2.24) is 0 Å². The first-order valence-corrected chi connectivity index (χ1v) is 7.22. The molecule has 23 heavy (non-hydrogen) atoms. The van der Waals surface area contributed by atoms with E-state index in [0.717, 1.165) is 5.56 Å². The van der Waals surface area contributed by atoms with Crippen molar-refractivity contribution >= 4 is 34.8 Å². The van der Waals surface area contributed by atoms with Gasteiger partial charge >= 0.3 is 0 Å². The van der Waals surface area contributed by atoms with Crippen LogP contribution in [0.1, 0.15) is 17.5 Å². The summed E-state index contributed by atoms with van der Waals surface area (Å²) in [7, 11) is 0. The molecular formula is C17H14ClN3O2. The van der Waals surface area contributed by atoms with Gasteiger partial charge in [0.15, 0.2) is 0 Å². The van der Waals surface area contributed by atoms with Crippen molar-refractivity contribution in [3.05, 3.63) is 58.6 Å². The number of aryl methyl sites for hydroxylation is 1. The van der Waals surface area contributed by atoms with Gasteiger partial charge in [0.2, 0.25) is 11.8 Å². The number of carbonyl (C=O) groups is 2. The Morgan fingerprint density at radius 1 is 1.04 bits per heavy atom. The molecule has 0 bridgehead atoms. The van der Waals surface area contributed by atoms with Crippen LogP contribution in [0, 0.1) is 18.3 Å². The molecule has 0 heterocycles. The summed E-state index contributed by atoms with van der Waals surface area (Å²) in [5, 5.41) is 14.5. The molecule has 6 heteroatoms. The summed E-state index contributed by atoms with van der Waals surface area (Å²) in [5.74, 6) is -0.874. The van der Waals surface area contributed by atoms with Crippen molar-refractivity contribution in [2.75, 3.05) is 10.6 Å². The van der Waals surface area contributed by atoms with E-state index in [2.05, 4.69) is 10.6 Å². The molecule has 0 fully saturated rings. The second kappa shape index (κ2) is 7.43. The third-order valence-corrected chi connectivity index (χ3v) is 3.48. The van der Waals surface area contributed by atoms with Crippen LogP contribution < -0.4 is 10.6 Å². The minimum Gasteiger partial charge on any atom is -0.326 e. The second-order valence-electron chi connectivity index (χ2n) is 4.93. The zero-order valence-corrected chi connectivity index (χ0v) is 13.1. The van der Waals surface area contributed by atoms with Crippen LogP contribution in [0.15, 0.2) is 42.5 Å². The van der Waals surface area contributed by atoms with E-state index in [-0.39, 0.29) is 6.42 Å². The lowest BCUT2D eigenvalue weighted by Crippen LogP contribution is -2.21. The van der Waals surface area contributed by atoms with Crippen molar-refractivity contribution < 1.29 is 9.59 Å². The summed E-state index contributed by atoms with van der Waals surface area (Å²) in [6.07, 6.45) is -0.314. The Labute approximate surface area is 138 Å². The lowest BCUT2D eigenvalue weighted by Gasteiger charge is -2.08. The smallest absolute Gasteiger partial charge is 0.233 e. The molecule has 2 rings (SSSR count). The molecule has 0 atom stereocenters. The molecule has 0 aromatic heterocycles. The molecule has 0 saturated carbocycles. The number of rotatable bonds is 4. The van der Waals surface area contributed by atoms with Crippen molar-refractivity contribution in [3.8, 4) is 6.07 Å². The first-order valence-electron chi connectivity index (χ1n) is 6.84. The van der Waals surface area contributed by atoms with Gasteiger partial charge in [-0.15, -0.1) is 0 Å². The predicted octanol–water partition coefficient (Wildman–Crippen LogP) is 3.49. The van der Waals surface area contributed by atoms with Crippen LogP contribution >= 0.6 is 11.6 Å². The molecule has 0 unspecified atom stereocenters. The van der Waals surface area contributed by atoms with E-state index in [1.54, 1.807) is 42.5 Å². The monoisotopic (exact) mass is 327 g/mol. The first-order chi connectivity index (χ1) is 11.0. The van der Waals surface area contributed by atoms with Crippen LogP contribution in [-0.4, -0.2) is 11.8 Å². The number of anilines is 2. The number of benzene rings is 2. The lowest BCUT2D eigenvalue weighted by atomic mass is 10.2. The van der Waals surface area contributed by atoms with Gasteiger partial charge in [-0.3, -0.25) is 9.59 Å². The molecule has 0 saturated heterocycles. The Hall–Kier alpha value is -2.84. The maximum atomic E-state index is 11.9. The Bertz CT molecular complexity index is 779. The van der Waals surface area contributed by atoms with Gasteiger partial charge in [-0.25, -0.2) is 0 Å². The van der Waals surface area contributed by atoms with Gasteiger partial charge in [0.1, 0.15) is 6.42 Å². The van der Waals surface area contributed by atoms with E-state index in [1.807, 2.05) is 13.0 Å². The van der Waals surface area contributed by atoms with Gasteiger partial charge in [0.25, 0.3) is 0 Å². The van der Waals surface area contributed by atoms with Crippen molar-refractivity contribution in [2.24, 2.45) is 0 Å². The fourth-order valence-electron chi connectivity index (χ4n) is 1.85. The Kier molecular flexibility index (Phi) is 5.34. The summed E-state index contributed by atoms with van der Waals surface area (Å²) in [6, 6.07) is 13.5.